The maximum absolute atomic E-state index is 6.27. The van der Waals surface area contributed by atoms with Crippen LogP contribution >= 0.6 is 11.6 Å². The first-order chi connectivity index (χ1) is 8.24. The van der Waals surface area contributed by atoms with Gasteiger partial charge in [-0.05, 0) is 25.7 Å². The molecule has 1 aliphatic carbocycles. The van der Waals surface area contributed by atoms with Crippen LogP contribution in [0.2, 0.25) is 0 Å². The first-order valence-electron chi connectivity index (χ1n) is 5.79. The zero-order valence-electron chi connectivity index (χ0n) is 9.60. The van der Waals surface area contributed by atoms with Gasteiger partial charge >= 0.3 is 0 Å². The highest BCUT2D eigenvalue weighted by Gasteiger charge is 2.29. The predicted molar refractivity (Wildman–Crippen MR) is 66.4 cm³/mol. The standard InChI is InChI=1S/C11H14ClN5/c1-7-4-10(13-5-9(12)8-2-3-8)17-11(16-7)14-6-15-17/h4,6,8-9,13H,2-3,5H2,1H3. The summed E-state index contributed by atoms with van der Waals surface area (Å²) in [7, 11) is 0. The van der Waals surface area contributed by atoms with Gasteiger partial charge in [0.15, 0.2) is 0 Å². The van der Waals surface area contributed by atoms with Crippen molar-refractivity contribution in [1.82, 2.24) is 19.6 Å². The SMILES string of the molecule is Cc1cc(NCC(Cl)C2CC2)n2ncnc2n1. The number of halogens is 1. The van der Waals surface area contributed by atoms with Crippen molar-refractivity contribution in [2.45, 2.75) is 25.1 Å². The second kappa shape index (κ2) is 4.14. The van der Waals surface area contributed by atoms with Crippen LogP contribution in [0.3, 0.4) is 0 Å². The molecule has 1 N–H and O–H groups in total. The fraction of sp³-hybridized carbons (Fsp3) is 0.545. The van der Waals surface area contributed by atoms with Crippen molar-refractivity contribution in [3.63, 3.8) is 0 Å². The predicted octanol–water partition coefficient (Wildman–Crippen LogP) is 1.86. The average Bonchev–Trinajstić information content (AvgIpc) is 3.05. The number of aromatic nitrogens is 4. The molecule has 1 aliphatic rings. The average molecular weight is 252 g/mol. The molecule has 1 saturated carbocycles. The Balaban J connectivity index is 1.80. The number of hydrogen-bond acceptors (Lipinski definition) is 4. The maximum Gasteiger partial charge on any atom is 0.254 e. The molecule has 5 nitrogen and oxygen atoms in total. The first kappa shape index (κ1) is 10.8. The lowest BCUT2D eigenvalue weighted by atomic mass is 10.3. The molecule has 0 aromatic carbocycles. The minimum Gasteiger partial charge on any atom is -0.368 e. The lowest BCUT2D eigenvalue weighted by Gasteiger charge is -2.11. The Bertz CT molecular complexity index is 534. The van der Waals surface area contributed by atoms with E-state index in [-0.39, 0.29) is 5.38 Å². The molecule has 17 heavy (non-hydrogen) atoms. The molecule has 0 bridgehead atoms. The van der Waals surface area contributed by atoms with E-state index < -0.39 is 0 Å². The number of alkyl halides is 1. The summed E-state index contributed by atoms with van der Waals surface area (Å²) in [6.07, 6.45) is 4.01. The van der Waals surface area contributed by atoms with E-state index in [9.17, 15) is 0 Å². The molecule has 2 aromatic rings. The Labute approximate surface area is 104 Å². The third-order valence-corrected chi connectivity index (χ3v) is 3.50. The van der Waals surface area contributed by atoms with E-state index in [1.165, 1.54) is 19.2 Å². The fourth-order valence-electron chi connectivity index (χ4n) is 1.88. The van der Waals surface area contributed by atoms with Crippen LogP contribution in [0.15, 0.2) is 12.4 Å². The van der Waals surface area contributed by atoms with Gasteiger partial charge in [0.1, 0.15) is 12.1 Å². The van der Waals surface area contributed by atoms with Gasteiger partial charge in [0.2, 0.25) is 0 Å². The van der Waals surface area contributed by atoms with Gasteiger partial charge in [-0.15, -0.1) is 11.6 Å². The van der Waals surface area contributed by atoms with Gasteiger partial charge in [-0.2, -0.15) is 14.6 Å². The molecule has 1 fully saturated rings. The quantitative estimate of drug-likeness (QED) is 0.843. The summed E-state index contributed by atoms with van der Waals surface area (Å²) >= 11 is 6.27. The number of rotatable bonds is 4. The summed E-state index contributed by atoms with van der Waals surface area (Å²) in [5.74, 6) is 2.19. The molecule has 0 spiro atoms. The molecule has 1 atom stereocenters. The van der Waals surface area contributed by atoms with Crippen molar-refractivity contribution in [2.24, 2.45) is 5.92 Å². The van der Waals surface area contributed by atoms with Crippen molar-refractivity contribution < 1.29 is 0 Å². The van der Waals surface area contributed by atoms with Crippen molar-refractivity contribution >= 4 is 23.2 Å². The van der Waals surface area contributed by atoms with Gasteiger partial charge in [-0.3, -0.25) is 0 Å². The second-order valence-electron chi connectivity index (χ2n) is 4.49. The second-order valence-corrected chi connectivity index (χ2v) is 5.05. The van der Waals surface area contributed by atoms with E-state index >= 15 is 0 Å². The Morgan fingerprint density at radius 3 is 3.18 bits per heavy atom. The molecule has 2 heterocycles. The molecule has 6 heteroatoms. The van der Waals surface area contributed by atoms with Crippen molar-refractivity contribution in [2.75, 3.05) is 11.9 Å². The van der Waals surface area contributed by atoms with Gasteiger partial charge in [0.25, 0.3) is 5.78 Å². The highest BCUT2D eigenvalue weighted by Crippen LogP contribution is 2.35. The fourth-order valence-corrected chi connectivity index (χ4v) is 2.21. The number of anilines is 1. The lowest BCUT2D eigenvalue weighted by Crippen LogP contribution is -2.18. The van der Waals surface area contributed by atoms with E-state index in [1.54, 1.807) is 4.52 Å². The van der Waals surface area contributed by atoms with E-state index in [0.29, 0.717) is 11.7 Å². The number of nitrogens with zero attached hydrogens (tertiary/aromatic N) is 4. The summed E-state index contributed by atoms with van der Waals surface area (Å²) in [5, 5.41) is 7.66. The normalized spacial score (nSPS) is 17.3. The monoisotopic (exact) mass is 251 g/mol. The van der Waals surface area contributed by atoms with Crippen LogP contribution in [0.4, 0.5) is 5.82 Å². The summed E-state index contributed by atoms with van der Waals surface area (Å²) in [6, 6.07) is 1.96. The summed E-state index contributed by atoms with van der Waals surface area (Å²) in [4.78, 5) is 8.37. The molecule has 0 saturated heterocycles. The molecule has 1 unspecified atom stereocenters. The van der Waals surface area contributed by atoms with Crippen LogP contribution in [0.25, 0.3) is 5.78 Å². The molecule has 0 amide bonds. The van der Waals surface area contributed by atoms with Gasteiger partial charge in [0.05, 0.1) is 5.38 Å². The van der Waals surface area contributed by atoms with E-state index in [0.717, 1.165) is 18.1 Å². The topological polar surface area (TPSA) is 55.1 Å². The van der Waals surface area contributed by atoms with Crippen LogP contribution in [-0.2, 0) is 0 Å². The minimum absolute atomic E-state index is 0.196. The molecule has 3 rings (SSSR count). The van der Waals surface area contributed by atoms with Crippen LogP contribution in [0.1, 0.15) is 18.5 Å². The highest BCUT2D eigenvalue weighted by atomic mass is 35.5. The van der Waals surface area contributed by atoms with Gasteiger partial charge < -0.3 is 5.32 Å². The summed E-state index contributed by atoms with van der Waals surface area (Å²) < 4.78 is 1.70. The largest absolute Gasteiger partial charge is 0.368 e. The number of fused-ring (bicyclic) bond motifs is 1. The smallest absolute Gasteiger partial charge is 0.254 e. The Hall–Kier alpha value is -1.36. The Morgan fingerprint density at radius 2 is 2.41 bits per heavy atom. The van der Waals surface area contributed by atoms with E-state index in [1.807, 2.05) is 13.0 Å². The van der Waals surface area contributed by atoms with Gasteiger partial charge in [-0.25, -0.2) is 4.98 Å². The zero-order chi connectivity index (χ0) is 11.8. The lowest BCUT2D eigenvalue weighted by molar-refractivity contribution is 0.763. The third kappa shape index (κ3) is 2.20. The molecule has 2 aromatic heterocycles. The maximum atomic E-state index is 6.27. The number of nitrogens with one attached hydrogen (secondary N) is 1. The molecule has 0 aliphatic heterocycles. The minimum atomic E-state index is 0.196. The van der Waals surface area contributed by atoms with Crippen LogP contribution in [0.5, 0.6) is 0 Å². The van der Waals surface area contributed by atoms with Crippen molar-refractivity contribution in [3.05, 3.63) is 18.1 Å². The van der Waals surface area contributed by atoms with E-state index in [4.69, 9.17) is 11.6 Å². The van der Waals surface area contributed by atoms with Crippen molar-refractivity contribution in [1.29, 1.82) is 0 Å². The number of hydrogen-bond donors (Lipinski definition) is 1. The third-order valence-electron chi connectivity index (χ3n) is 2.99. The van der Waals surface area contributed by atoms with Crippen LogP contribution in [0, 0.1) is 12.8 Å². The summed E-state index contributed by atoms with van der Waals surface area (Å²) in [6.45, 7) is 2.70. The van der Waals surface area contributed by atoms with Gasteiger partial charge in [-0.1, -0.05) is 0 Å². The van der Waals surface area contributed by atoms with Crippen molar-refractivity contribution in [3.8, 4) is 0 Å². The zero-order valence-corrected chi connectivity index (χ0v) is 10.4. The molecular weight excluding hydrogens is 238 g/mol. The highest BCUT2D eigenvalue weighted by molar-refractivity contribution is 6.21. The summed E-state index contributed by atoms with van der Waals surface area (Å²) in [5.41, 5.74) is 0.922. The molecule has 90 valence electrons. The molecular formula is C11H14ClN5. The van der Waals surface area contributed by atoms with Gasteiger partial charge in [0, 0.05) is 18.3 Å². The Morgan fingerprint density at radius 1 is 1.59 bits per heavy atom. The van der Waals surface area contributed by atoms with E-state index in [2.05, 4.69) is 20.4 Å². The van der Waals surface area contributed by atoms with Crippen LogP contribution < -0.4 is 5.32 Å². The first-order valence-corrected chi connectivity index (χ1v) is 6.23. The number of aryl methyl sites for hydroxylation is 1. The Kier molecular flexibility index (Phi) is 2.63. The van der Waals surface area contributed by atoms with Crippen LogP contribution in [-0.4, -0.2) is 31.5 Å². The molecule has 0 radical (unpaired) electrons.